The van der Waals surface area contributed by atoms with E-state index >= 15 is 0 Å². The van der Waals surface area contributed by atoms with Crippen molar-refractivity contribution >= 4 is 11.8 Å². The van der Waals surface area contributed by atoms with Crippen molar-refractivity contribution in [2.24, 2.45) is 0 Å². The second-order valence-electron chi connectivity index (χ2n) is 4.00. The molecule has 106 valence electrons. The second-order valence-corrected chi connectivity index (χ2v) is 4.00. The smallest absolute Gasteiger partial charge is 0.363 e. The van der Waals surface area contributed by atoms with E-state index < -0.39 is 37.2 Å². The molecular formula is C9H14N4O6. The largest absolute Gasteiger partial charge is 0.428 e. The van der Waals surface area contributed by atoms with E-state index in [1.165, 1.54) is 0 Å². The van der Waals surface area contributed by atoms with Crippen LogP contribution in [0, 0.1) is 0 Å². The average Bonchev–Trinajstić information content (AvgIpc) is 2.85. The van der Waals surface area contributed by atoms with E-state index in [0.717, 1.165) is 11.0 Å². The Morgan fingerprint density at radius 1 is 1.53 bits per heavy atom. The number of rotatable bonds is 3. The van der Waals surface area contributed by atoms with Crippen molar-refractivity contribution in [3.05, 3.63) is 12.0 Å². The van der Waals surface area contributed by atoms with Gasteiger partial charge in [-0.1, -0.05) is 0 Å². The van der Waals surface area contributed by atoms with Gasteiger partial charge < -0.3 is 36.4 Å². The standard InChI is InChI=1S/C9H14N4O6/c10-7-4(12-2-13(7)11)8(17)19-9-6(16)5(15)3(1-14)18-9/h2-3,5-6,9,14-16H,1,10-11H2/t3-,5-,6-,9?/m1/s1. The van der Waals surface area contributed by atoms with Crippen LogP contribution in [0.5, 0.6) is 0 Å². The number of aliphatic hydroxyl groups is 3. The Balaban J connectivity index is 2.06. The van der Waals surface area contributed by atoms with Gasteiger partial charge in [0.15, 0.2) is 11.5 Å². The van der Waals surface area contributed by atoms with Crippen molar-refractivity contribution in [3.63, 3.8) is 0 Å². The van der Waals surface area contributed by atoms with Crippen molar-refractivity contribution in [2.75, 3.05) is 18.2 Å². The summed E-state index contributed by atoms with van der Waals surface area (Å²) < 4.78 is 10.7. The maximum atomic E-state index is 11.7. The zero-order valence-electron chi connectivity index (χ0n) is 9.71. The van der Waals surface area contributed by atoms with Crippen molar-refractivity contribution < 1.29 is 29.6 Å². The number of aromatic nitrogens is 2. The highest BCUT2D eigenvalue weighted by Gasteiger charge is 2.45. The van der Waals surface area contributed by atoms with Gasteiger partial charge in [-0.3, -0.25) is 0 Å². The van der Waals surface area contributed by atoms with Crippen LogP contribution < -0.4 is 11.6 Å². The summed E-state index contributed by atoms with van der Waals surface area (Å²) in [5.74, 6) is 4.27. The summed E-state index contributed by atoms with van der Waals surface area (Å²) in [4.78, 5) is 15.3. The topological polar surface area (TPSA) is 166 Å². The molecule has 0 bridgehead atoms. The van der Waals surface area contributed by atoms with Gasteiger partial charge in [0.2, 0.25) is 6.29 Å². The lowest BCUT2D eigenvalue weighted by Gasteiger charge is -2.14. The fraction of sp³-hybridized carbons (Fsp3) is 0.556. The molecule has 1 aromatic heterocycles. The number of nitrogen functional groups attached to an aromatic ring is 2. The molecule has 1 unspecified atom stereocenters. The number of aliphatic hydroxyl groups excluding tert-OH is 3. The number of anilines is 1. The number of esters is 1. The van der Waals surface area contributed by atoms with Gasteiger partial charge in [-0.05, 0) is 0 Å². The molecular weight excluding hydrogens is 260 g/mol. The molecule has 1 saturated heterocycles. The Kier molecular flexibility index (Phi) is 3.57. The molecule has 0 aromatic carbocycles. The maximum Gasteiger partial charge on any atom is 0.363 e. The van der Waals surface area contributed by atoms with E-state index in [4.69, 9.17) is 26.2 Å². The lowest BCUT2D eigenvalue weighted by Crippen LogP contribution is -2.35. The van der Waals surface area contributed by atoms with E-state index in [1.807, 2.05) is 0 Å². The van der Waals surface area contributed by atoms with Crippen LogP contribution in [0.3, 0.4) is 0 Å². The molecule has 1 fully saturated rings. The first kappa shape index (κ1) is 13.5. The molecule has 0 aliphatic carbocycles. The number of hydrogen-bond acceptors (Lipinski definition) is 9. The minimum absolute atomic E-state index is 0.114. The van der Waals surface area contributed by atoms with Crippen molar-refractivity contribution in [3.8, 4) is 0 Å². The van der Waals surface area contributed by atoms with Gasteiger partial charge in [-0.2, -0.15) is 0 Å². The summed E-state index contributed by atoms with van der Waals surface area (Å²) >= 11 is 0. The van der Waals surface area contributed by atoms with Gasteiger partial charge in [0.05, 0.1) is 6.61 Å². The zero-order chi connectivity index (χ0) is 14.2. The number of carbonyl (C=O) groups is 1. The maximum absolute atomic E-state index is 11.7. The Morgan fingerprint density at radius 2 is 2.21 bits per heavy atom. The Hall–Kier alpha value is -1.88. The van der Waals surface area contributed by atoms with Crippen LogP contribution in [-0.2, 0) is 9.47 Å². The van der Waals surface area contributed by atoms with Gasteiger partial charge in [0.1, 0.15) is 24.6 Å². The molecule has 1 aromatic rings. The Labute approximate surface area is 107 Å². The molecule has 19 heavy (non-hydrogen) atoms. The molecule has 2 rings (SSSR count). The molecule has 1 aliphatic rings. The van der Waals surface area contributed by atoms with E-state index in [9.17, 15) is 15.0 Å². The van der Waals surface area contributed by atoms with Crippen molar-refractivity contribution in [2.45, 2.75) is 24.6 Å². The van der Waals surface area contributed by atoms with Crippen LogP contribution in [-0.4, -0.2) is 62.2 Å². The lowest BCUT2D eigenvalue weighted by atomic mass is 10.1. The molecule has 4 atom stereocenters. The Bertz CT molecular complexity index is 477. The third-order valence-electron chi connectivity index (χ3n) is 2.75. The number of carbonyl (C=O) groups excluding carboxylic acids is 1. The summed E-state index contributed by atoms with van der Waals surface area (Å²) in [6.45, 7) is -0.522. The van der Waals surface area contributed by atoms with Gasteiger partial charge in [0.25, 0.3) is 0 Å². The van der Waals surface area contributed by atoms with Crippen LogP contribution in [0.4, 0.5) is 5.82 Å². The fourth-order valence-electron chi connectivity index (χ4n) is 1.65. The van der Waals surface area contributed by atoms with E-state index in [-0.39, 0.29) is 11.5 Å². The van der Waals surface area contributed by atoms with Gasteiger partial charge in [-0.15, -0.1) is 0 Å². The molecule has 10 heteroatoms. The molecule has 0 radical (unpaired) electrons. The number of nitrogens with zero attached hydrogens (tertiary/aromatic N) is 2. The molecule has 0 saturated carbocycles. The third-order valence-corrected chi connectivity index (χ3v) is 2.75. The highest BCUT2D eigenvalue weighted by atomic mass is 16.7. The first-order valence-corrected chi connectivity index (χ1v) is 5.37. The zero-order valence-corrected chi connectivity index (χ0v) is 9.71. The molecule has 1 aliphatic heterocycles. The van der Waals surface area contributed by atoms with E-state index in [2.05, 4.69) is 4.98 Å². The van der Waals surface area contributed by atoms with Gasteiger partial charge >= 0.3 is 5.97 Å². The van der Waals surface area contributed by atoms with E-state index in [0.29, 0.717) is 0 Å². The number of ether oxygens (including phenoxy) is 2. The third kappa shape index (κ3) is 2.33. The molecule has 2 heterocycles. The normalized spacial score (nSPS) is 30.5. The SMILES string of the molecule is Nc1c(C(=O)OC2O[C@H](CO)[C@@H](O)[C@H]2O)ncn1N. The van der Waals surface area contributed by atoms with Crippen LogP contribution in [0.25, 0.3) is 0 Å². The predicted molar refractivity (Wildman–Crippen MR) is 60.0 cm³/mol. The fourth-order valence-corrected chi connectivity index (χ4v) is 1.65. The molecule has 0 spiro atoms. The molecule has 7 N–H and O–H groups in total. The highest BCUT2D eigenvalue weighted by molar-refractivity contribution is 5.92. The monoisotopic (exact) mass is 274 g/mol. The van der Waals surface area contributed by atoms with Crippen LogP contribution in [0.15, 0.2) is 6.33 Å². The highest BCUT2D eigenvalue weighted by Crippen LogP contribution is 2.23. The van der Waals surface area contributed by atoms with Crippen LogP contribution >= 0.6 is 0 Å². The quantitative estimate of drug-likeness (QED) is 0.281. The van der Waals surface area contributed by atoms with Gasteiger partial charge in [-0.25, -0.2) is 14.5 Å². The Morgan fingerprint density at radius 3 is 2.68 bits per heavy atom. The number of imidazole rings is 1. The molecule has 0 amide bonds. The van der Waals surface area contributed by atoms with E-state index in [1.54, 1.807) is 0 Å². The van der Waals surface area contributed by atoms with Crippen molar-refractivity contribution in [1.82, 2.24) is 9.66 Å². The first-order chi connectivity index (χ1) is 8.95. The summed E-state index contributed by atoms with van der Waals surface area (Å²) in [5, 5.41) is 27.9. The summed E-state index contributed by atoms with van der Waals surface area (Å²) in [7, 11) is 0. The minimum atomic E-state index is -1.47. The van der Waals surface area contributed by atoms with Crippen LogP contribution in [0.1, 0.15) is 10.5 Å². The van der Waals surface area contributed by atoms with Crippen LogP contribution in [0.2, 0.25) is 0 Å². The number of hydrogen-bond donors (Lipinski definition) is 5. The number of nitrogens with two attached hydrogens (primary N) is 2. The lowest BCUT2D eigenvalue weighted by molar-refractivity contribution is -0.139. The second kappa shape index (κ2) is 5.01. The summed E-state index contributed by atoms with van der Waals surface area (Å²) in [6, 6.07) is 0. The molecule has 10 nitrogen and oxygen atoms in total. The van der Waals surface area contributed by atoms with Gasteiger partial charge in [0, 0.05) is 0 Å². The van der Waals surface area contributed by atoms with Crippen molar-refractivity contribution in [1.29, 1.82) is 0 Å². The summed E-state index contributed by atoms with van der Waals surface area (Å²) in [5.41, 5.74) is 5.24. The first-order valence-electron chi connectivity index (χ1n) is 5.37. The average molecular weight is 274 g/mol. The minimum Gasteiger partial charge on any atom is -0.428 e. The summed E-state index contributed by atoms with van der Waals surface area (Å²) in [6.07, 6.45) is -4.16. The predicted octanol–water partition coefficient (Wildman–Crippen LogP) is -3.23.